The Balaban J connectivity index is 1.54. The van der Waals surface area contributed by atoms with Crippen LogP contribution in [0.1, 0.15) is 13.8 Å². The van der Waals surface area contributed by atoms with E-state index in [0.29, 0.717) is 30.7 Å². The number of rotatable bonds is 5. The van der Waals surface area contributed by atoms with E-state index in [-0.39, 0.29) is 18.0 Å². The van der Waals surface area contributed by atoms with Gasteiger partial charge >= 0.3 is 6.09 Å². The zero-order chi connectivity index (χ0) is 17.8. The van der Waals surface area contributed by atoms with E-state index < -0.39 is 6.09 Å². The summed E-state index contributed by atoms with van der Waals surface area (Å²) in [5.74, 6) is 1.01. The number of halogens is 1. The molecule has 0 unspecified atom stereocenters. The standard InChI is InChI=1S/C17H19FN4O3/c1-11(2)20-17(23)25-14-9-22(10-14)16-19-8-7-15(21-16)24-13-5-3-12(18)4-6-13/h3-8,11,14H,9-10H2,1-2H3,(H,20,23). The molecule has 25 heavy (non-hydrogen) atoms. The fourth-order valence-electron chi connectivity index (χ4n) is 2.26. The summed E-state index contributed by atoms with van der Waals surface area (Å²) in [5.41, 5.74) is 0. The maximum Gasteiger partial charge on any atom is 0.407 e. The second-order valence-corrected chi connectivity index (χ2v) is 5.98. The lowest BCUT2D eigenvalue weighted by atomic mass is 10.2. The highest BCUT2D eigenvalue weighted by Gasteiger charge is 2.32. The summed E-state index contributed by atoms with van der Waals surface area (Å²) < 4.78 is 23.8. The molecular weight excluding hydrogens is 327 g/mol. The monoisotopic (exact) mass is 346 g/mol. The minimum absolute atomic E-state index is 0.0345. The van der Waals surface area contributed by atoms with Gasteiger partial charge in [0.15, 0.2) is 0 Å². The zero-order valence-electron chi connectivity index (χ0n) is 14.0. The average molecular weight is 346 g/mol. The minimum atomic E-state index is -0.422. The quantitative estimate of drug-likeness (QED) is 0.897. The van der Waals surface area contributed by atoms with Crippen LogP contribution < -0.4 is 15.0 Å². The first-order valence-electron chi connectivity index (χ1n) is 7.98. The van der Waals surface area contributed by atoms with Crippen LogP contribution >= 0.6 is 0 Å². The molecule has 2 aromatic rings. The van der Waals surface area contributed by atoms with Crippen molar-refractivity contribution in [3.05, 3.63) is 42.3 Å². The maximum atomic E-state index is 12.9. The Labute approximate surface area is 144 Å². The zero-order valence-corrected chi connectivity index (χ0v) is 14.0. The Kier molecular flexibility index (Phi) is 4.97. The molecule has 2 heterocycles. The third kappa shape index (κ3) is 4.56. The van der Waals surface area contributed by atoms with Crippen molar-refractivity contribution in [2.45, 2.75) is 26.0 Å². The molecule has 0 aliphatic carbocycles. The first-order chi connectivity index (χ1) is 12.0. The first kappa shape index (κ1) is 16.9. The lowest BCUT2D eigenvalue weighted by molar-refractivity contribution is 0.0786. The number of anilines is 1. The lowest BCUT2D eigenvalue weighted by Gasteiger charge is -2.38. The molecule has 1 aliphatic rings. The molecule has 8 heteroatoms. The van der Waals surface area contributed by atoms with Gasteiger partial charge in [-0.2, -0.15) is 4.98 Å². The van der Waals surface area contributed by atoms with Gasteiger partial charge in [0.2, 0.25) is 11.8 Å². The molecule has 1 aromatic heterocycles. The summed E-state index contributed by atoms with van der Waals surface area (Å²) in [6.07, 6.45) is 0.971. The number of aromatic nitrogens is 2. The number of ether oxygens (including phenoxy) is 2. The smallest absolute Gasteiger partial charge is 0.407 e. The molecule has 1 amide bonds. The average Bonchev–Trinajstić information content (AvgIpc) is 2.52. The number of hydrogen-bond donors (Lipinski definition) is 1. The number of alkyl carbamates (subject to hydrolysis) is 1. The van der Waals surface area contributed by atoms with Crippen LogP contribution in [0.25, 0.3) is 0 Å². The van der Waals surface area contributed by atoms with Crippen molar-refractivity contribution in [1.82, 2.24) is 15.3 Å². The topological polar surface area (TPSA) is 76.6 Å². The second-order valence-electron chi connectivity index (χ2n) is 5.98. The van der Waals surface area contributed by atoms with Gasteiger partial charge in [-0.3, -0.25) is 0 Å². The molecule has 0 atom stereocenters. The van der Waals surface area contributed by atoms with E-state index in [2.05, 4.69) is 15.3 Å². The van der Waals surface area contributed by atoms with Gasteiger partial charge in [0.1, 0.15) is 17.7 Å². The lowest BCUT2D eigenvalue weighted by Crippen LogP contribution is -2.54. The number of amides is 1. The van der Waals surface area contributed by atoms with Gasteiger partial charge in [-0.15, -0.1) is 0 Å². The summed E-state index contributed by atoms with van der Waals surface area (Å²) in [7, 11) is 0. The number of nitrogens with zero attached hydrogens (tertiary/aromatic N) is 3. The van der Waals surface area contributed by atoms with Crippen LogP contribution in [0.3, 0.4) is 0 Å². The van der Waals surface area contributed by atoms with Gasteiger partial charge in [-0.1, -0.05) is 0 Å². The predicted octanol–water partition coefficient (Wildman–Crippen LogP) is 2.73. The van der Waals surface area contributed by atoms with Crippen LogP contribution in [0.4, 0.5) is 15.1 Å². The molecular formula is C17H19FN4O3. The van der Waals surface area contributed by atoms with Gasteiger partial charge in [0.05, 0.1) is 13.1 Å². The highest BCUT2D eigenvalue weighted by Crippen LogP contribution is 2.23. The summed E-state index contributed by atoms with van der Waals surface area (Å²) in [6.45, 7) is 4.78. The number of benzene rings is 1. The van der Waals surface area contributed by atoms with E-state index in [0.717, 1.165) is 0 Å². The number of carbonyl (C=O) groups is 1. The molecule has 1 fully saturated rings. The Hall–Kier alpha value is -2.90. The third-order valence-corrected chi connectivity index (χ3v) is 3.46. The van der Waals surface area contributed by atoms with E-state index >= 15 is 0 Å². The van der Waals surface area contributed by atoms with Gasteiger partial charge < -0.3 is 19.7 Å². The van der Waals surface area contributed by atoms with E-state index in [1.165, 1.54) is 24.3 Å². The normalized spacial score (nSPS) is 14.2. The van der Waals surface area contributed by atoms with Crippen LogP contribution in [0, 0.1) is 5.82 Å². The highest BCUT2D eigenvalue weighted by molar-refractivity contribution is 5.68. The predicted molar refractivity (Wildman–Crippen MR) is 89.3 cm³/mol. The van der Waals surface area contributed by atoms with Gasteiger partial charge in [0, 0.05) is 18.3 Å². The summed E-state index contributed by atoms with van der Waals surface area (Å²) >= 11 is 0. The minimum Gasteiger partial charge on any atom is -0.442 e. The number of nitrogens with one attached hydrogen (secondary N) is 1. The third-order valence-electron chi connectivity index (χ3n) is 3.46. The van der Waals surface area contributed by atoms with Gasteiger partial charge in [0.25, 0.3) is 0 Å². The van der Waals surface area contributed by atoms with E-state index in [9.17, 15) is 9.18 Å². The molecule has 7 nitrogen and oxygen atoms in total. The van der Waals surface area contributed by atoms with Crippen LogP contribution in [-0.4, -0.2) is 41.3 Å². The summed E-state index contributed by atoms with van der Waals surface area (Å²) in [5, 5.41) is 2.68. The van der Waals surface area contributed by atoms with Crippen LogP contribution in [-0.2, 0) is 4.74 Å². The second kappa shape index (κ2) is 7.33. The van der Waals surface area contributed by atoms with Crippen molar-refractivity contribution in [3.63, 3.8) is 0 Å². The summed E-state index contributed by atoms with van der Waals surface area (Å²) in [6, 6.07) is 7.34. The molecule has 0 saturated carbocycles. The SMILES string of the molecule is CC(C)NC(=O)OC1CN(c2nccc(Oc3ccc(F)cc3)n2)C1. The highest BCUT2D eigenvalue weighted by atomic mass is 19.1. The van der Waals surface area contributed by atoms with E-state index in [1.54, 1.807) is 12.3 Å². The molecule has 3 rings (SSSR count). The van der Waals surface area contributed by atoms with Gasteiger partial charge in [-0.25, -0.2) is 14.2 Å². The Morgan fingerprint density at radius 3 is 2.68 bits per heavy atom. The van der Waals surface area contributed by atoms with Crippen LogP contribution in [0.15, 0.2) is 36.5 Å². The molecule has 0 bridgehead atoms. The van der Waals surface area contributed by atoms with Gasteiger partial charge in [-0.05, 0) is 38.1 Å². The van der Waals surface area contributed by atoms with E-state index in [1.807, 2.05) is 18.7 Å². The van der Waals surface area contributed by atoms with Crippen LogP contribution in [0.2, 0.25) is 0 Å². The molecule has 1 aliphatic heterocycles. The molecule has 1 saturated heterocycles. The van der Waals surface area contributed by atoms with E-state index in [4.69, 9.17) is 9.47 Å². The molecule has 1 N–H and O–H groups in total. The van der Waals surface area contributed by atoms with Crippen molar-refractivity contribution in [2.75, 3.05) is 18.0 Å². The van der Waals surface area contributed by atoms with Crippen molar-refractivity contribution in [1.29, 1.82) is 0 Å². The van der Waals surface area contributed by atoms with Crippen LogP contribution in [0.5, 0.6) is 11.6 Å². The Bertz CT molecular complexity index is 733. The maximum absolute atomic E-state index is 12.9. The molecule has 0 radical (unpaired) electrons. The number of hydrogen-bond acceptors (Lipinski definition) is 6. The fraction of sp³-hybridized carbons (Fsp3) is 0.353. The Morgan fingerprint density at radius 2 is 2.00 bits per heavy atom. The summed E-state index contributed by atoms with van der Waals surface area (Å²) in [4.78, 5) is 21.9. The molecule has 0 spiro atoms. The molecule has 132 valence electrons. The van der Waals surface area contributed by atoms with Crippen molar-refractivity contribution < 1.29 is 18.7 Å². The van der Waals surface area contributed by atoms with Crippen molar-refractivity contribution in [3.8, 4) is 11.6 Å². The largest absolute Gasteiger partial charge is 0.442 e. The molecule has 1 aromatic carbocycles. The Morgan fingerprint density at radius 1 is 1.28 bits per heavy atom. The van der Waals surface area contributed by atoms with Crippen molar-refractivity contribution >= 4 is 12.0 Å². The fourth-order valence-corrected chi connectivity index (χ4v) is 2.26. The number of carbonyl (C=O) groups excluding carboxylic acids is 1. The first-order valence-corrected chi connectivity index (χ1v) is 7.98. The van der Waals surface area contributed by atoms with Crippen molar-refractivity contribution in [2.24, 2.45) is 0 Å².